The number of aliphatic carboxylic acids is 1. The first-order valence-corrected chi connectivity index (χ1v) is 7.58. The fourth-order valence-electron chi connectivity index (χ4n) is 3.45. The molecule has 0 radical (unpaired) electrons. The fourth-order valence-corrected chi connectivity index (χ4v) is 3.45. The van der Waals surface area contributed by atoms with Crippen LogP contribution in [0.25, 0.3) is 22.3 Å². The van der Waals surface area contributed by atoms with Crippen molar-refractivity contribution in [3.8, 4) is 11.4 Å². The monoisotopic (exact) mass is 322 g/mol. The first-order valence-electron chi connectivity index (χ1n) is 7.58. The van der Waals surface area contributed by atoms with Gasteiger partial charge in [0.2, 0.25) is 0 Å². The van der Waals surface area contributed by atoms with Crippen molar-refractivity contribution < 1.29 is 14.7 Å². The van der Waals surface area contributed by atoms with Crippen LogP contribution < -0.4 is 5.56 Å². The number of carboxylic acids is 1. The Labute approximate surface area is 136 Å². The SMILES string of the molecule is CC(=O)c1ccc2n(c1=O)[C@H](C(=O)O)Cc1c-2[nH]c2ccccc12. The average Bonchev–Trinajstić information content (AvgIpc) is 2.92. The molecule has 120 valence electrons. The van der Waals surface area contributed by atoms with Crippen molar-refractivity contribution in [2.24, 2.45) is 0 Å². The Bertz CT molecular complexity index is 1070. The van der Waals surface area contributed by atoms with Crippen molar-refractivity contribution in [3.05, 3.63) is 57.9 Å². The number of ketones is 1. The van der Waals surface area contributed by atoms with Gasteiger partial charge in [-0.3, -0.25) is 14.2 Å². The van der Waals surface area contributed by atoms with E-state index in [1.165, 1.54) is 17.6 Å². The molecule has 0 saturated carbocycles. The normalized spacial score (nSPS) is 15.8. The highest BCUT2D eigenvalue weighted by Crippen LogP contribution is 2.37. The lowest BCUT2D eigenvalue weighted by atomic mass is 9.95. The van der Waals surface area contributed by atoms with Crippen molar-refractivity contribution >= 4 is 22.7 Å². The Balaban J connectivity index is 2.10. The van der Waals surface area contributed by atoms with Gasteiger partial charge in [0.1, 0.15) is 6.04 Å². The third-order valence-corrected chi connectivity index (χ3v) is 4.56. The number of pyridine rings is 1. The predicted molar refractivity (Wildman–Crippen MR) is 88.4 cm³/mol. The highest BCUT2D eigenvalue weighted by molar-refractivity contribution is 5.95. The van der Waals surface area contributed by atoms with Crippen molar-refractivity contribution in [2.75, 3.05) is 0 Å². The largest absolute Gasteiger partial charge is 0.480 e. The zero-order chi connectivity index (χ0) is 17.0. The lowest BCUT2D eigenvalue weighted by Crippen LogP contribution is -2.37. The second-order valence-corrected chi connectivity index (χ2v) is 5.95. The van der Waals surface area contributed by atoms with Gasteiger partial charge in [-0.05, 0) is 30.7 Å². The molecule has 0 unspecified atom stereocenters. The van der Waals surface area contributed by atoms with Gasteiger partial charge in [-0.25, -0.2) is 4.79 Å². The minimum atomic E-state index is -1.09. The Kier molecular flexibility index (Phi) is 2.96. The molecule has 2 N–H and O–H groups in total. The minimum Gasteiger partial charge on any atom is -0.480 e. The molecule has 1 aliphatic rings. The van der Waals surface area contributed by atoms with Gasteiger partial charge in [0.05, 0.1) is 17.0 Å². The number of carbonyl (C=O) groups is 2. The highest BCUT2D eigenvalue weighted by atomic mass is 16.4. The van der Waals surface area contributed by atoms with Crippen LogP contribution in [0.5, 0.6) is 0 Å². The topological polar surface area (TPSA) is 92.2 Å². The third kappa shape index (κ3) is 1.86. The number of fused-ring (bicyclic) bond motifs is 5. The van der Waals surface area contributed by atoms with Gasteiger partial charge in [0.25, 0.3) is 5.56 Å². The van der Waals surface area contributed by atoms with E-state index in [0.29, 0.717) is 5.69 Å². The summed E-state index contributed by atoms with van der Waals surface area (Å²) in [5.74, 6) is -1.46. The smallest absolute Gasteiger partial charge is 0.327 e. The number of para-hydroxylation sites is 1. The molecule has 6 heteroatoms. The van der Waals surface area contributed by atoms with Crippen molar-refractivity contribution in [2.45, 2.75) is 19.4 Å². The van der Waals surface area contributed by atoms with E-state index >= 15 is 0 Å². The first-order chi connectivity index (χ1) is 11.5. The number of aromatic amines is 1. The maximum Gasteiger partial charge on any atom is 0.327 e. The van der Waals surface area contributed by atoms with Gasteiger partial charge in [0, 0.05) is 17.3 Å². The molecule has 24 heavy (non-hydrogen) atoms. The quantitative estimate of drug-likeness (QED) is 0.709. The lowest BCUT2D eigenvalue weighted by Gasteiger charge is -2.25. The van der Waals surface area contributed by atoms with E-state index in [-0.39, 0.29) is 17.8 Å². The van der Waals surface area contributed by atoms with E-state index < -0.39 is 17.6 Å². The number of nitrogens with zero attached hydrogens (tertiary/aromatic N) is 1. The number of Topliss-reactive ketones (excluding diaryl/α,β-unsaturated/α-hetero) is 1. The molecule has 0 bridgehead atoms. The van der Waals surface area contributed by atoms with Gasteiger partial charge in [0.15, 0.2) is 5.78 Å². The maximum atomic E-state index is 12.7. The molecule has 2 aromatic heterocycles. The van der Waals surface area contributed by atoms with Crippen LogP contribution in [0, 0.1) is 0 Å². The molecule has 6 nitrogen and oxygen atoms in total. The molecule has 3 aromatic rings. The zero-order valence-electron chi connectivity index (χ0n) is 12.9. The Morgan fingerprint density at radius 2 is 1.96 bits per heavy atom. The molecule has 0 fully saturated rings. The molecule has 0 amide bonds. The van der Waals surface area contributed by atoms with Crippen LogP contribution in [-0.2, 0) is 11.2 Å². The summed E-state index contributed by atoms with van der Waals surface area (Å²) in [4.78, 5) is 39.3. The summed E-state index contributed by atoms with van der Waals surface area (Å²) in [6.07, 6.45) is 0.197. The van der Waals surface area contributed by atoms with Crippen LogP contribution in [0.15, 0.2) is 41.2 Å². The zero-order valence-corrected chi connectivity index (χ0v) is 12.9. The first kappa shape index (κ1) is 14.4. The summed E-state index contributed by atoms with van der Waals surface area (Å²) in [5, 5.41) is 10.6. The van der Waals surface area contributed by atoms with Crippen LogP contribution in [0.1, 0.15) is 28.9 Å². The summed E-state index contributed by atoms with van der Waals surface area (Å²) in [7, 11) is 0. The second kappa shape index (κ2) is 4.92. The second-order valence-electron chi connectivity index (χ2n) is 5.95. The summed E-state index contributed by atoms with van der Waals surface area (Å²) in [6, 6.07) is 9.71. The third-order valence-electron chi connectivity index (χ3n) is 4.56. The van der Waals surface area contributed by atoms with E-state index in [4.69, 9.17) is 0 Å². The van der Waals surface area contributed by atoms with Crippen molar-refractivity contribution in [1.29, 1.82) is 0 Å². The van der Waals surface area contributed by atoms with Crippen molar-refractivity contribution in [3.63, 3.8) is 0 Å². The highest BCUT2D eigenvalue weighted by Gasteiger charge is 2.33. The molecule has 0 spiro atoms. The number of H-pyrrole nitrogens is 1. The molecular formula is C18H14N2O4. The van der Waals surface area contributed by atoms with E-state index in [9.17, 15) is 19.5 Å². The van der Waals surface area contributed by atoms with Crippen LogP contribution in [0.4, 0.5) is 0 Å². The lowest BCUT2D eigenvalue weighted by molar-refractivity contribution is -0.141. The molecule has 4 rings (SSSR count). The molecule has 1 atom stereocenters. The number of carbonyl (C=O) groups excluding carboxylic acids is 1. The van der Waals surface area contributed by atoms with Crippen LogP contribution >= 0.6 is 0 Å². The summed E-state index contributed by atoms with van der Waals surface area (Å²) in [5.41, 5.74) is 2.45. The minimum absolute atomic E-state index is 0.00422. The van der Waals surface area contributed by atoms with Gasteiger partial charge in [-0.2, -0.15) is 0 Å². The number of aromatic nitrogens is 2. The van der Waals surface area contributed by atoms with Crippen LogP contribution in [-0.4, -0.2) is 26.4 Å². The van der Waals surface area contributed by atoms with Gasteiger partial charge in [-0.1, -0.05) is 18.2 Å². The average molecular weight is 322 g/mol. The Hall–Kier alpha value is -3.15. The van der Waals surface area contributed by atoms with Crippen LogP contribution in [0.3, 0.4) is 0 Å². The molecule has 1 aliphatic heterocycles. The Morgan fingerprint density at radius 1 is 1.21 bits per heavy atom. The summed E-state index contributed by atoms with van der Waals surface area (Å²) >= 11 is 0. The van der Waals surface area contributed by atoms with E-state index in [1.54, 1.807) is 6.07 Å². The molecule has 3 heterocycles. The molecule has 0 saturated heterocycles. The fraction of sp³-hybridized carbons (Fsp3) is 0.167. The van der Waals surface area contributed by atoms with E-state index in [0.717, 1.165) is 22.2 Å². The van der Waals surface area contributed by atoms with E-state index in [1.807, 2.05) is 24.3 Å². The maximum absolute atomic E-state index is 12.7. The summed E-state index contributed by atoms with van der Waals surface area (Å²) < 4.78 is 1.22. The number of benzene rings is 1. The molecular weight excluding hydrogens is 308 g/mol. The summed E-state index contributed by atoms with van der Waals surface area (Å²) in [6.45, 7) is 1.30. The van der Waals surface area contributed by atoms with Crippen molar-refractivity contribution in [1.82, 2.24) is 9.55 Å². The van der Waals surface area contributed by atoms with E-state index in [2.05, 4.69) is 4.98 Å². The number of hydrogen-bond acceptors (Lipinski definition) is 3. The molecule has 0 aliphatic carbocycles. The van der Waals surface area contributed by atoms with Gasteiger partial charge < -0.3 is 10.1 Å². The predicted octanol–water partition coefficient (Wildman–Crippen LogP) is 2.38. The Morgan fingerprint density at radius 3 is 2.67 bits per heavy atom. The number of carboxylic acid groups (broad SMARTS) is 1. The number of hydrogen-bond donors (Lipinski definition) is 2. The standard InChI is InChI=1S/C18H14N2O4/c1-9(21)10-6-7-14-16-12(11-4-2-3-5-13(11)19-16)8-15(18(23)24)20(14)17(10)22/h2-7,15,19H,8H2,1H3,(H,23,24)/t15-/m0/s1. The number of rotatable bonds is 2. The van der Waals surface area contributed by atoms with Gasteiger partial charge in [-0.15, -0.1) is 0 Å². The van der Waals surface area contributed by atoms with Crippen LogP contribution in [0.2, 0.25) is 0 Å². The number of nitrogens with one attached hydrogen (secondary N) is 1. The molecule has 1 aromatic carbocycles. The van der Waals surface area contributed by atoms with Gasteiger partial charge >= 0.3 is 5.97 Å².